The third-order valence-electron chi connectivity index (χ3n) is 2.82. The molecule has 1 atom stereocenters. The van der Waals surface area contributed by atoms with Gasteiger partial charge in [-0.05, 0) is 20.8 Å². The molecule has 0 aliphatic carbocycles. The van der Waals surface area contributed by atoms with Crippen molar-refractivity contribution in [2.75, 3.05) is 17.2 Å². The summed E-state index contributed by atoms with van der Waals surface area (Å²) in [6.07, 6.45) is 2.51. The molecule has 2 rings (SSSR count). The largest absolute Gasteiger partial charge is 0.444 e. The van der Waals surface area contributed by atoms with Crippen LogP contribution in [0.4, 0.5) is 11.6 Å². The minimum atomic E-state index is -0.0437. The van der Waals surface area contributed by atoms with Crippen LogP contribution in [0.2, 0.25) is 0 Å². The summed E-state index contributed by atoms with van der Waals surface area (Å²) in [5.74, 6) is 3.87. The fraction of sp³-hybridized carbons (Fsp3) is 0.500. The van der Waals surface area contributed by atoms with Crippen molar-refractivity contribution in [1.29, 1.82) is 0 Å². The highest BCUT2D eigenvalue weighted by Crippen LogP contribution is 2.19. The molecule has 108 valence electrons. The number of nitrogens with one attached hydrogen (secondary N) is 2. The van der Waals surface area contributed by atoms with Gasteiger partial charge in [0, 0.05) is 19.0 Å². The Morgan fingerprint density at radius 1 is 1.25 bits per heavy atom. The molecule has 0 spiro atoms. The fourth-order valence-corrected chi connectivity index (χ4v) is 1.86. The predicted molar refractivity (Wildman–Crippen MR) is 78.9 cm³/mol. The van der Waals surface area contributed by atoms with Crippen LogP contribution in [-0.2, 0) is 6.42 Å². The van der Waals surface area contributed by atoms with Gasteiger partial charge in [0.2, 0.25) is 5.89 Å². The monoisotopic (exact) mass is 275 g/mol. The highest BCUT2D eigenvalue weighted by Gasteiger charge is 2.13. The molecule has 20 heavy (non-hydrogen) atoms. The summed E-state index contributed by atoms with van der Waals surface area (Å²) in [5, 5.41) is 6.51. The average Bonchev–Trinajstić information content (AvgIpc) is 2.85. The molecule has 2 N–H and O–H groups in total. The van der Waals surface area contributed by atoms with Crippen LogP contribution in [0.25, 0.3) is 0 Å². The first-order valence-electron chi connectivity index (χ1n) is 6.93. The second-order valence-electron chi connectivity index (χ2n) is 4.61. The van der Waals surface area contributed by atoms with Gasteiger partial charge in [0.15, 0.2) is 0 Å². The number of nitrogens with zero attached hydrogens (tertiary/aromatic N) is 3. The normalized spacial score (nSPS) is 12.2. The SMILES string of the molecule is CCNc1cc(NC(C)c2ncc(C)o2)nc(CC)n1. The van der Waals surface area contributed by atoms with Crippen LogP contribution in [0.1, 0.15) is 44.3 Å². The van der Waals surface area contributed by atoms with Gasteiger partial charge in [-0.25, -0.2) is 15.0 Å². The van der Waals surface area contributed by atoms with Crippen LogP contribution in [0.15, 0.2) is 16.7 Å². The van der Waals surface area contributed by atoms with Crippen molar-refractivity contribution in [3.63, 3.8) is 0 Å². The second-order valence-corrected chi connectivity index (χ2v) is 4.61. The minimum Gasteiger partial charge on any atom is -0.444 e. The van der Waals surface area contributed by atoms with E-state index < -0.39 is 0 Å². The quantitative estimate of drug-likeness (QED) is 0.844. The van der Waals surface area contributed by atoms with E-state index in [1.165, 1.54) is 0 Å². The van der Waals surface area contributed by atoms with Crippen molar-refractivity contribution in [2.24, 2.45) is 0 Å². The Hall–Kier alpha value is -2.11. The minimum absolute atomic E-state index is 0.0437. The molecule has 0 amide bonds. The summed E-state index contributed by atoms with van der Waals surface area (Å²) in [4.78, 5) is 13.1. The van der Waals surface area contributed by atoms with Crippen molar-refractivity contribution in [3.8, 4) is 0 Å². The maximum Gasteiger partial charge on any atom is 0.216 e. The van der Waals surface area contributed by atoms with Crippen LogP contribution in [0.3, 0.4) is 0 Å². The van der Waals surface area contributed by atoms with Gasteiger partial charge in [0.05, 0.1) is 6.20 Å². The van der Waals surface area contributed by atoms with Gasteiger partial charge in [0.1, 0.15) is 29.3 Å². The molecule has 2 heterocycles. The molecule has 6 nitrogen and oxygen atoms in total. The topological polar surface area (TPSA) is 75.9 Å². The van der Waals surface area contributed by atoms with Crippen LogP contribution < -0.4 is 10.6 Å². The van der Waals surface area contributed by atoms with E-state index in [1.807, 2.05) is 33.8 Å². The summed E-state index contributed by atoms with van der Waals surface area (Å²) in [6.45, 7) is 8.78. The van der Waals surface area contributed by atoms with Gasteiger partial charge in [-0.15, -0.1) is 0 Å². The van der Waals surface area contributed by atoms with Gasteiger partial charge in [0.25, 0.3) is 0 Å². The van der Waals surface area contributed by atoms with E-state index in [2.05, 4.69) is 25.6 Å². The first-order chi connectivity index (χ1) is 9.62. The van der Waals surface area contributed by atoms with Crippen molar-refractivity contribution in [2.45, 2.75) is 40.2 Å². The Labute approximate surface area is 119 Å². The van der Waals surface area contributed by atoms with Crippen LogP contribution in [0, 0.1) is 6.92 Å². The molecule has 0 fully saturated rings. The number of aromatic nitrogens is 3. The second kappa shape index (κ2) is 6.36. The van der Waals surface area contributed by atoms with Crippen LogP contribution in [0.5, 0.6) is 0 Å². The zero-order chi connectivity index (χ0) is 14.5. The molecule has 0 radical (unpaired) electrons. The zero-order valence-corrected chi connectivity index (χ0v) is 12.4. The Kier molecular flexibility index (Phi) is 4.55. The molecular formula is C14H21N5O. The summed E-state index contributed by atoms with van der Waals surface area (Å²) in [5.41, 5.74) is 0. The molecule has 1 unspecified atom stereocenters. The number of aryl methyl sites for hydroxylation is 2. The average molecular weight is 275 g/mol. The van der Waals surface area contributed by atoms with Gasteiger partial charge in [-0.3, -0.25) is 0 Å². The molecule has 0 saturated heterocycles. The van der Waals surface area contributed by atoms with E-state index in [0.29, 0.717) is 5.89 Å². The first kappa shape index (κ1) is 14.3. The Balaban J connectivity index is 2.17. The van der Waals surface area contributed by atoms with Gasteiger partial charge < -0.3 is 15.1 Å². The molecular weight excluding hydrogens is 254 g/mol. The third kappa shape index (κ3) is 3.46. The molecule has 2 aromatic heterocycles. The smallest absolute Gasteiger partial charge is 0.216 e. The summed E-state index contributed by atoms with van der Waals surface area (Å²) in [7, 11) is 0. The number of anilines is 2. The van der Waals surface area contributed by atoms with E-state index in [1.54, 1.807) is 6.20 Å². The molecule has 0 bridgehead atoms. The molecule has 0 saturated carbocycles. The number of rotatable bonds is 6. The summed E-state index contributed by atoms with van der Waals surface area (Å²) >= 11 is 0. The summed E-state index contributed by atoms with van der Waals surface area (Å²) < 4.78 is 5.52. The van der Waals surface area contributed by atoms with Crippen molar-refractivity contribution < 1.29 is 4.42 Å². The van der Waals surface area contributed by atoms with E-state index in [0.717, 1.165) is 36.2 Å². The molecule has 0 aromatic carbocycles. The van der Waals surface area contributed by atoms with E-state index in [4.69, 9.17) is 4.42 Å². The maximum atomic E-state index is 5.52. The standard InChI is InChI=1S/C14H21N5O/c1-5-11-18-12(15-6-2)7-13(19-11)17-10(4)14-16-8-9(3)20-14/h7-8,10H,5-6H2,1-4H3,(H2,15,17,18,19). The van der Waals surface area contributed by atoms with Gasteiger partial charge in [-0.2, -0.15) is 0 Å². The Bertz CT molecular complexity index is 566. The molecule has 2 aromatic rings. The molecule has 0 aliphatic rings. The third-order valence-corrected chi connectivity index (χ3v) is 2.82. The van der Waals surface area contributed by atoms with Crippen molar-refractivity contribution >= 4 is 11.6 Å². The number of hydrogen-bond acceptors (Lipinski definition) is 6. The van der Waals surface area contributed by atoms with Crippen molar-refractivity contribution in [3.05, 3.63) is 29.7 Å². The Morgan fingerprint density at radius 2 is 2.00 bits per heavy atom. The van der Waals surface area contributed by atoms with E-state index in [-0.39, 0.29) is 6.04 Å². The predicted octanol–water partition coefficient (Wildman–Crippen LogP) is 2.94. The van der Waals surface area contributed by atoms with Crippen LogP contribution in [-0.4, -0.2) is 21.5 Å². The van der Waals surface area contributed by atoms with Crippen molar-refractivity contribution in [1.82, 2.24) is 15.0 Å². The number of hydrogen-bond donors (Lipinski definition) is 2. The fourth-order valence-electron chi connectivity index (χ4n) is 1.86. The van der Waals surface area contributed by atoms with E-state index in [9.17, 15) is 0 Å². The van der Waals surface area contributed by atoms with Gasteiger partial charge in [-0.1, -0.05) is 6.92 Å². The molecule has 0 aliphatic heterocycles. The highest BCUT2D eigenvalue weighted by atomic mass is 16.4. The lowest BCUT2D eigenvalue weighted by Gasteiger charge is -2.13. The lowest BCUT2D eigenvalue weighted by atomic mass is 10.3. The maximum absolute atomic E-state index is 5.52. The Morgan fingerprint density at radius 3 is 2.60 bits per heavy atom. The van der Waals surface area contributed by atoms with E-state index >= 15 is 0 Å². The van der Waals surface area contributed by atoms with Crippen LogP contribution >= 0.6 is 0 Å². The molecule has 6 heteroatoms. The lowest BCUT2D eigenvalue weighted by Crippen LogP contribution is -2.11. The lowest BCUT2D eigenvalue weighted by molar-refractivity contribution is 0.453. The van der Waals surface area contributed by atoms with Gasteiger partial charge >= 0.3 is 0 Å². The number of oxazole rings is 1. The zero-order valence-electron chi connectivity index (χ0n) is 12.4. The highest BCUT2D eigenvalue weighted by molar-refractivity contribution is 5.48. The first-order valence-corrected chi connectivity index (χ1v) is 6.93. The summed E-state index contributed by atoms with van der Waals surface area (Å²) in [6, 6.07) is 1.85.